The van der Waals surface area contributed by atoms with Crippen LogP contribution in [0.25, 0.3) is 0 Å². The van der Waals surface area contributed by atoms with E-state index in [1.54, 1.807) is 41.3 Å². The summed E-state index contributed by atoms with van der Waals surface area (Å²) >= 11 is 6.01. The van der Waals surface area contributed by atoms with Crippen molar-refractivity contribution in [3.05, 3.63) is 94.3 Å². The molecular weight excluding hydrogens is 455 g/mol. The van der Waals surface area contributed by atoms with Crippen LogP contribution in [0, 0.1) is 5.82 Å². The number of fused-ring (bicyclic) bond motifs is 1. The summed E-state index contributed by atoms with van der Waals surface area (Å²) in [5, 5.41) is 3.37. The Hall–Kier alpha value is -3.38. The van der Waals surface area contributed by atoms with E-state index in [9.17, 15) is 14.0 Å². The minimum Gasteiger partial charge on any atom is -0.481 e. The van der Waals surface area contributed by atoms with Gasteiger partial charge in [-0.05, 0) is 72.0 Å². The summed E-state index contributed by atoms with van der Waals surface area (Å²) in [6.07, 6.45) is 0.456. The molecule has 176 valence electrons. The molecule has 0 spiro atoms. The molecule has 1 aliphatic rings. The highest BCUT2D eigenvalue weighted by Gasteiger charge is 2.31. The van der Waals surface area contributed by atoms with E-state index in [2.05, 4.69) is 5.32 Å². The summed E-state index contributed by atoms with van der Waals surface area (Å²) in [4.78, 5) is 27.0. The maximum atomic E-state index is 13.6. The lowest BCUT2D eigenvalue weighted by Gasteiger charge is -2.37. The average Bonchev–Trinajstić information content (AvgIpc) is 2.82. The van der Waals surface area contributed by atoms with Crippen molar-refractivity contribution in [2.24, 2.45) is 0 Å². The number of anilines is 1. The summed E-state index contributed by atoms with van der Waals surface area (Å²) in [5.74, 6) is -0.131. The van der Waals surface area contributed by atoms with Gasteiger partial charge in [0.05, 0.1) is 6.04 Å². The Kier molecular flexibility index (Phi) is 7.17. The van der Waals surface area contributed by atoms with E-state index in [1.807, 2.05) is 25.1 Å². The van der Waals surface area contributed by atoms with Gasteiger partial charge in [0.2, 0.25) is 5.91 Å². The molecule has 3 aromatic rings. The molecule has 1 aliphatic heterocycles. The number of hydrogen-bond donors (Lipinski definition) is 1. The van der Waals surface area contributed by atoms with Gasteiger partial charge in [-0.25, -0.2) is 4.39 Å². The lowest BCUT2D eigenvalue weighted by molar-refractivity contribution is -0.130. The fraction of sp³-hybridized carbons (Fsp3) is 0.259. The van der Waals surface area contributed by atoms with Crippen molar-refractivity contribution in [2.45, 2.75) is 38.8 Å². The minimum atomic E-state index is -0.714. The summed E-state index contributed by atoms with van der Waals surface area (Å²) in [7, 11) is 0. The van der Waals surface area contributed by atoms with Crippen LogP contribution in [-0.2, 0) is 16.0 Å². The lowest BCUT2D eigenvalue weighted by atomic mass is 9.88. The first kappa shape index (κ1) is 23.8. The van der Waals surface area contributed by atoms with Crippen LogP contribution in [0.4, 0.5) is 10.1 Å². The van der Waals surface area contributed by atoms with E-state index in [0.717, 1.165) is 16.7 Å². The van der Waals surface area contributed by atoms with Crippen LogP contribution in [0.2, 0.25) is 5.02 Å². The predicted octanol–water partition coefficient (Wildman–Crippen LogP) is 5.77. The SMILES string of the molecule is CCC(Oc1ccc2c(c1)C(c1ccc(F)cc1)N(C(C)=O)CC2)C(=O)Nc1cccc(Cl)c1. The van der Waals surface area contributed by atoms with Crippen molar-refractivity contribution >= 4 is 29.1 Å². The first-order valence-electron chi connectivity index (χ1n) is 11.2. The summed E-state index contributed by atoms with van der Waals surface area (Å²) in [5.41, 5.74) is 3.42. The second-order valence-corrected chi connectivity index (χ2v) is 8.73. The number of nitrogens with one attached hydrogen (secondary N) is 1. The van der Waals surface area contributed by atoms with Crippen molar-refractivity contribution in [3.63, 3.8) is 0 Å². The number of carbonyl (C=O) groups excluding carboxylic acids is 2. The van der Waals surface area contributed by atoms with E-state index in [4.69, 9.17) is 16.3 Å². The highest BCUT2D eigenvalue weighted by atomic mass is 35.5. The number of carbonyl (C=O) groups is 2. The molecule has 3 aromatic carbocycles. The van der Waals surface area contributed by atoms with Crippen LogP contribution >= 0.6 is 11.6 Å². The van der Waals surface area contributed by atoms with Gasteiger partial charge in [0.1, 0.15) is 11.6 Å². The van der Waals surface area contributed by atoms with E-state index in [0.29, 0.717) is 35.8 Å². The Morgan fingerprint density at radius 3 is 2.59 bits per heavy atom. The van der Waals surface area contributed by atoms with Crippen molar-refractivity contribution in [1.82, 2.24) is 4.90 Å². The summed E-state index contributed by atoms with van der Waals surface area (Å²) < 4.78 is 19.6. The van der Waals surface area contributed by atoms with Crippen LogP contribution in [0.3, 0.4) is 0 Å². The van der Waals surface area contributed by atoms with E-state index in [-0.39, 0.29) is 23.7 Å². The van der Waals surface area contributed by atoms with Gasteiger partial charge < -0.3 is 15.0 Å². The van der Waals surface area contributed by atoms with Gasteiger partial charge in [-0.2, -0.15) is 0 Å². The first-order valence-corrected chi connectivity index (χ1v) is 11.6. The van der Waals surface area contributed by atoms with Crippen LogP contribution in [0.15, 0.2) is 66.7 Å². The highest BCUT2D eigenvalue weighted by Crippen LogP contribution is 2.37. The zero-order valence-electron chi connectivity index (χ0n) is 19.1. The van der Waals surface area contributed by atoms with Gasteiger partial charge in [-0.15, -0.1) is 0 Å². The molecule has 0 aromatic heterocycles. The van der Waals surface area contributed by atoms with Gasteiger partial charge in [0, 0.05) is 24.2 Å². The Morgan fingerprint density at radius 2 is 1.91 bits per heavy atom. The Morgan fingerprint density at radius 1 is 1.15 bits per heavy atom. The van der Waals surface area contributed by atoms with Gasteiger partial charge in [0.15, 0.2) is 6.10 Å². The number of hydrogen-bond acceptors (Lipinski definition) is 3. The Balaban J connectivity index is 1.61. The number of benzene rings is 3. The zero-order valence-corrected chi connectivity index (χ0v) is 19.8. The average molecular weight is 481 g/mol. The Bertz CT molecular complexity index is 1200. The molecule has 0 bridgehead atoms. The third-order valence-corrected chi connectivity index (χ3v) is 6.20. The second-order valence-electron chi connectivity index (χ2n) is 8.29. The van der Waals surface area contributed by atoms with Crippen molar-refractivity contribution < 1.29 is 18.7 Å². The van der Waals surface area contributed by atoms with Crippen molar-refractivity contribution in [2.75, 3.05) is 11.9 Å². The number of nitrogens with zero attached hydrogens (tertiary/aromatic N) is 1. The molecule has 5 nitrogen and oxygen atoms in total. The third-order valence-electron chi connectivity index (χ3n) is 5.97. The molecule has 2 unspecified atom stereocenters. The van der Waals surface area contributed by atoms with Crippen molar-refractivity contribution in [3.8, 4) is 5.75 Å². The molecule has 4 rings (SSSR count). The molecule has 0 saturated heterocycles. The predicted molar refractivity (Wildman–Crippen MR) is 131 cm³/mol. The molecule has 34 heavy (non-hydrogen) atoms. The highest BCUT2D eigenvalue weighted by molar-refractivity contribution is 6.30. The van der Waals surface area contributed by atoms with Crippen LogP contribution in [0.1, 0.15) is 43.0 Å². The maximum absolute atomic E-state index is 13.6. The van der Waals surface area contributed by atoms with Crippen molar-refractivity contribution in [1.29, 1.82) is 0 Å². The van der Waals surface area contributed by atoms with Crippen LogP contribution < -0.4 is 10.1 Å². The first-order chi connectivity index (χ1) is 16.4. The van der Waals surface area contributed by atoms with Gasteiger partial charge in [0.25, 0.3) is 5.91 Å². The fourth-order valence-corrected chi connectivity index (χ4v) is 4.48. The molecule has 0 fully saturated rings. The molecule has 0 saturated carbocycles. The Labute approximate surface area is 203 Å². The molecule has 1 heterocycles. The van der Waals surface area contributed by atoms with E-state index < -0.39 is 6.10 Å². The summed E-state index contributed by atoms with van der Waals surface area (Å²) in [6, 6.07) is 18.5. The number of amides is 2. The lowest BCUT2D eigenvalue weighted by Crippen LogP contribution is -2.39. The minimum absolute atomic E-state index is 0.0568. The van der Waals surface area contributed by atoms with Gasteiger partial charge >= 0.3 is 0 Å². The van der Waals surface area contributed by atoms with E-state index >= 15 is 0 Å². The van der Waals surface area contributed by atoms with Crippen LogP contribution in [-0.4, -0.2) is 29.4 Å². The molecule has 2 amide bonds. The molecule has 0 radical (unpaired) electrons. The fourth-order valence-electron chi connectivity index (χ4n) is 4.29. The number of halogens is 2. The third kappa shape index (κ3) is 5.23. The molecule has 7 heteroatoms. The topological polar surface area (TPSA) is 58.6 Å². The smallest absolute Gasteiger partial charge is 0.265 e. The standard InChI is InChI=1S/C27H26ClFN2O3/c1-3-25(27(33)30-22-6-4-5-20(28)15-22)34-23-12-9-18-13-14-31(17(2)32)26(24(18)16-23)19-7-10-21(29)11-8-19/h4-12,15-16,25-26H,3,13-14H2,1-2H3,(H,30,33). The van der Waals surface area contributed by atoms with Crippen LogP contribution in [0.5, 0.6) is 5.75 Å². The monoisotopic (exact) mass is 480 g/mol. The zero-order chi connectivity index (χ0) is 24.2. The molecule has 1 N–H and O–H groups in total. The normalized spacial score (nSPS) is 15.9. The largest absolute Gasteiger partial charge is 0.481 e. The second kappa shape index (κ2) is 10.3. The molecular formula is C27H26ClFN2O3. The number of rotatable bonds is 6. The summed E-state index contributed by atoms with van der Waals surface area (Å²) in [6.45, 7) is 3.98. The van der Waals surface area contributed by atoms with E-state index in [1.165, 1.54) is 19.1 Å². The van der Waals surface area contributed by atoms with Gasteiger partial charge in [-0.1, -0.05) is 42.8 Å². The maximum Gasteiger partial charge on any atom is 0.265 e. The molecule has 2 atom stereocenters. The van der Waals surface area contributed by atoms with Gasteiger partial charge in [-0.3, -0.25) is 9.59 Å². The molecule has 0 aliphatic carbocycles. The quantitative estimate of drug-likeness (QED) is 0.487. The number of ether oxygens (including phenoxy) is 1.